The number of hydrogen-bond donors (Lipinski definition) is 2. The molecule has 0 radical (unpaired) electrons. The number of amides is 2. The number of alkyl carbamates (subject to hydrolysis) is 1. The SMILES string of the molecule is CCN1CCN(c2ccc(NC(=O)[C@H](C)NC(=O)OCc3ccccc3)cc2)CC1. The zero-order valence-corrected chi connectivity index (χ0v) is 17.6. The largest absolute Gasteiger partial charge is 0.445 e. The summed E-state index contributed by atoms with van der Waals surface area (Å²) < 4.78 is 5.16. The second kappa shape index (κ2) is 10.6. The van der Waals surface area contributed by atoms with Gasteiger partial charge in [0, 0.05) is 37.6 Å². The van der Waals surface area contributed by atoms with Crippen LogP contribution in [0.4, 0.5) is 16.2 Å². The van der Waals surface area contributed by atoms with Crippen molar-refractivity contribution >= 4 is 23.4 Å². The van der Waals surface area contributed by atoms with Crippen molar-refractivity contribution in [1.82, 2.24) is 10.2 Å². The van der Waals surface area contributed by atoms with Gasteiger partial charge in [-0.2, -0.15) is 0 Å². The van der Waals surface area contributed by atoms with Crippen molar-refractivity contribution in [2.45, 2.75) is 26.5 Å². The van der Waals surface area contributed by atoms with E-state index in [0.717, 1.165) is 44.0 Å². The molecule has 0 spiro atoms. The molecule has 2 N–H and O–H groups in total. The highest BCUT2D eigenvalue weighted by Crippen LogP contribution is 2.19. The molecule has 30 heavy (non-hydrogen) atoms. The van der Waals surface area contributed by atoms with Crippen LogP contribution in [-0.2, 0) is 16.1 Å². The summed E-state index contributed by atoms with van der Waals surface area (Å²) in [4.78, 5) is 29.1. The number of rotatable bonds is 7. The Kier molecular flexibility index (Phi) is 7.68. The summed E-state index contributed by atoms with van der Waals surface area (Å²) in [5.74, 6) is -0.295. The first-order chi connectivity index (χ1) is 14.5. The van der Waals surface area contributed by atoms with Crippen LogP contribution in [0.15, 0.2) is 54.6 Å². The number of likely N-dealkylation sites (N-methyl/N-ethyl adjacent to an activating group) is 1. The van der Waals surface area contributed by atoms with Crippen LogP contribution < -0.4 is 15.5 Å². The van der Waals surface area contributed by atoms with E-state index in [4.69, 9.17) is 4.74 Å². The van der Waals surface area contributed by atoms with Crippen LogP contribution in [0.2, 0.25) is 0 Å². The molecule has 1 atom stereocenters. The number of benzene rings is 2. The Hall–Kier alpha value is -3.06. The minimum atomic E-state index is -0.713. The monoisotopic (exact) mass is 410 g/mol. The van der Waals surface area contributed by atoms with Gasteiger partial charge in [0.15, 0.2) is 0 Å². The Bertz CT molecular complexity index is 818. The molecule has 160 valence electrons. The van der Waals surface area contributed by atoms with Crippen LogP contribution >= 0.6 is 0 Å². The average molecular weight is 411 g/mol. The minimum absolute atomic E-state index is 0.162. The van der Waals surface area contributed by atoms with E-state index in [1.807, 2.05) is 54.6 Å². The first kappa shape index (κ1) is 21.6. The normalized spacial score (nSPS) is 15.3. The fourth-order valence-corrected chi connectivity index (χ4v) is 3.34. The van der Waals surface area contributed by atoms with E-state index in [1.165, 1.54) is 0 Å². The maximum Gasteiger partial charge on any atom is 0.408 e. The quantitative estimate of drug-likeness (QED) is 0.734. The fraction of sp³-hybridized carbons (Fsp3) is 0.391. The van der Waals surface area contributed by atoms with Gasteiger partial charge in [-0.1, -0.05) is 37.3 Å². The Labute approximate surface area is 178 Å². The molecule has 0 saturated carbocycles. The molecule has 1 fully saturated rings. The third-order valence-electron chi connectivity index (χ3n) is 5.26. The molecule has 7 heteroatoms. The second-order valence-corrected chi connectivity index (χ2v) is 7.39. The van der Waals surface area contributed by atoms with Gasteiger partial charge >= 0.3 is 6.09 Å². The highest BCUT2D eigenvalue weighted by molar-refractivity contribution is 5.96. The molecule has 0 bridgehead atoms. The molecule has 1 aliphatic rings. The van der Waals surface area contributed by atoms with Crippen molar-refractivity contribution < 1.29 is 14.3 Å². The van der Waals surface area contributed by atoms with Gasteiger partial charge in [0.25, 0.3) is 0 Å². The first-order valence-electron chi connectivity index (χ1n) is 10.4. The topological polar surface area (TPSA) is 73.9 Å². The molecule has 1 heterocycles. The van der Waals surface area contributed by atoms with E-state index in [-0.39, 0.29) is 12.5 Å². The summed E-state index contributed by atoms with van der Waals surface area (Å²) in [6.07, 6.45) is -0.622. The average Bonchev–Trinajstić information content (AvgIpc) is 2.79. The maximum absolute atomic E-state index is 12.4. The van der Waals surface area contributed by atoms with Crippen molar-refractivity contribution in [2.75, 3.05) is 42.9 Å². The van der Waals surface area contributed by atoms with Gasteiger partial charge in [0.2, 0.25) is 5.91 Å². The number of nitrogens with zero attached hydrogens (tertiary/aromatic N) is 2. The van der Waals surface area contributed by atoms with Gasteiger partial charge in [-0.3, -0.25) is 4.79 Å². The fourth-order valence-electron chi connectivity index (χ4n) is 3.34. The summed E-state index contributed by atoms with van der Waals surface area (Å²) >= 11 is 0. The molecule has 7 nitrogen and oxygen atoms in total. The number of ether oxygens (including phenoxy) is 1. The summed E-state index contributed by atoms with van der Waals surface area (Å²) in [6.45, 7) is 9.21. The third-order valence-corrected chi connectivity index (χ3v) is 5.26. The van der Waals surface area contributed by atoms with Crippen LogP contribution in [0.3, 0.4) is 0 Å². The zero-order chi connectivity index (χ0) is 21.3. The van der Waals surface area contributed by atoms with Crippen LogP contribution in [-0.4, -0.2) is 55.7 Å². The highest BCUT2D eigenvalue weighted by Gasteiger charge is 2.18. The van der Waals surface area contributed by atoms with Gasteiger partial charge in [-0.15, -0.1) is 0 Å². The molecule has 2 aromatic rings. The lowest BCUT2D eigenvalue weighted by molar-refractivity contribution is -0.117. The molecular weight excluding hydrogens is 380 g/mol. The minimum Gasteiger partial charge on any atom is -0.445 e. The zero-order valence-electron chi connectivity index (χ0n) is 17.6. The lowest BCUT2D eigenvalue weighted by Crippen LogP contribution is -2.46. The molecule has 1 saturated heterocycles. The third kappa shape index (κ3) is 6.22. The number of carbonyl (C=O) groups excluding carboxylic acids is 2. The lowest BCUT2D eigenvalue weighted by Gasteiger charge is -2.35. The van der Waals surface area contributed by atoms with E-state index >= 15 is 0 Å². The number of nitrogens with one attached hydrogen (secondary N) is 2. The van der Waals surface area contributed by atoms with Crippen molar-refractivity contribution in [3.63, 3.8) is 0 Å². The Morgan fingerprint density at radius 2 is 1.67 bits per heavy atom. The Balaban J connectivity index is 1.44. The van der Waals surface area contributed by atoms with Gasteiger partial charge in [0.05, 0.1) is 0 Å². The second-order valence-electron chi connectivity index (χ2n) is 7.39. The smallest absolute Gasteiger partial charge is 0.408 e. The predicted molar refractivity (Wildman–Crippen MR) is 119 cm³/mol. The van der Waals surface area contributed by atoms with E-state index < -0.39 is 12.1 Å². The standard InChI is InChI=1S/C23H30N4O3/c1-3-26-13-15-27(16-14-26)21-11-9-20(10-12-21)25-22(28)18(2)24-23(29)30-17-19-7-5-4-6-8-19/h4-12,18H,3,13-17H2,1-2H3,(H,24,29)(H,25,28)/t18-/m0/s1. The van der Waals surface area contributed by atoms with E-state index in [1.54, 1.807) is 6.92 Å². The Morgan fingerprint density at radius 3 is 2.30 bits per heavy atom. The Morgan fingerprint density at radius 1 is 1.00 bits per heavy atom. The molecule has 0 aliphatic carbocycles. The van der Waals surface area contributed by atoms with Crippen LogP contribution in [0, 0.1) is 0 Å². The summed E-state index contributed by atoms with van der Waals surface area (Å²) in [5.41, 5.74) is 2.74. The molecule has 2 amide bonds. The summed E-state index contributed by atoms with van der Waals surface area (Å²) in [5, 5.41) is 5.39. The van der Waals surface area contributed by atoms with Crippen LogP contribution in [0.1, 0.15) is 19.4 Å². The molecule has 0 unspecified atom stereocenters. The van der Waals surface area contributed by atoms with Crippen LogP contribution in [0.25, 0.3) is 0 Å². The molecule has 3 rings (SSSR count). The van der Waals surface area contributed by atoms with Gasteiger partial charge < -0.3 is 25.2 Å². The molecule has 1 aliphatic heterocycles. The van der Waals surface area contributed by atoms with Gasteiger partial charge in [-0.25, -0.2) is 4.79 Å². The number of hydrogen-bond acceptors (Lipinski definition) is 5. The van der Waals surface area contributed by atoms with Gasteiger partial charge in [0.1, 0.15) is 12.6 Å². The first-order valence-corrected chi connectivity index (χ1v) is 10.4. The van der Waals surface area contributed by atoms with Crippen molar-refractivity contribution in [3.8, 4) is 0 Å². The lowest BCUT2D eigenvalue weighted by atomic mass is 10.2. The highest BCUT2D eigenvalue weighted by atomic mass is 16.5. The van der Waals surface area contributed by atoms with Crippen molar-refractivity contribution in [1.29, 1.82) is 0 Å². The van der Waals surface area contributed by atoms with E-state index in [0.29, 0.717) is 5.69 Å². The van der Waals surface area contributed by atoms with Crippen molar-refractivity contribution in [2.24, 2.45) is 0 Å². The van der Waals surface area contributed by atoms with E-state index in [9.17, 15) is 9.59 Å². The van der Waals surface area contributed by atoms with Crippen LogP contribution in [0.5, 0.6) is 0 Å². The summed E-state index contributed by atoms with van der Waals surface area (Å²) in [6, 6.07) is 16.5. The number of piperazine rings is 1. The predicted octanol–water partition coefficient (Wildman–Crippen LogP) is 3.08. The molecular formula is C23H30N4O3. The number of carbonyl (C=O) groups is 2. The molecule has 0 aromatic heterocycles. The van der Waals surface area contributed by atoms with E-state index in [2.05, 4.69) is 27.4 Å². The van der Waals surface area contributed by atoms with Crippen molar-refractivity contribution in [3.05, 3.63) is 60.2 Å². The summed E-state index contributed by atoms with van der Waals surface area (Å²) in [7, 11) is 0. The maximum atomic E-state index is 12.4. The van der Waals surface area contributed by atoms with Gasteiger partial charge in [-0.05, 0) is 43.3 Å². The number of anilines is 2. The molecule has 2 aromatic carbocycles.